The summed E-state index contributed by atoms with van der Waals surface area (Å²) in [4.78, 5) is 8.61. The van der Waals surface area contributed by atoms with Crippen LogP contribution in [-0.2, 0) is 4.74 Å². The van der Waals surface area contributed by atoms with Gasteiger partial charge in [-0.3, -0.25) is 4.98 Å². The van der Waals surface area contributed by atoms with Crippen LogP contribution in [0.1, 0.15) is 17.6 Å². The summed E-state index contributed by atoms with van der Waals surface area (Å²) in [6.45, 7) is 4.02. The van der Waals surface area contributed by atoms with E-state index in [-0.39, 0.29) is 6.04 Å². The second-order valence-electron chi connectivity index (χ2n) is 4.18. The van der Waals surface area contributed by atoms with Crippen molar-refractivity contribution in [1.82, 2.24) is 20.4 Å². The fraction of sp³-hybridized carbons (Fsp3) is 0.417. The van der Waals surface area contributed by atoms with Crippen molar-refractivity contribution in [1.29, 1.82) is 0 Å². The number of pyridine rings is 1. The molecule has 2 aromatic rings. The molecule has 0 amide bonds. The van der Waals surface area contributed by atoms with Crippen LogP contribution in [0.3, 0.4) is 0 Å². The summed E-state index contributed by atoms with van der Waals surface area (Å²) in [6.07, 6.45) is 1.74. The largest absolute Gasteiger partial charge is 0.378 e. The molecule has 1 atom stereocenters. The third kappa shape index (κ3) is 2.12. The highest BCUT2D eigenvalue weighted by molar-refractivity contribution is 5.55. The fourth-order valence-corrected chi connectivity index (χ4v) is 1.93. The Morgan fingerprint density at radius 3 is 3.17 bits per heavy atom. The third-order valence-corrected chi connectivity index (χ3v) is 2.91. The Kier molecular flexibility index (Phi) is 3.04. The van der Waals surface area contributed by atoms with Crippen molar-refractivity contribution in [3.8, 4) is 11.5 Å². The minimum absolute atomic E-state index is 0.00762. The average molecular weight is 246 g/mol. The van der Waals surface area contributed by atoms with Gasteiger partial charge >= 0.3 is 0 Å². The maximum atomic E-state index is 5.38. The van der Waals surface area contributed by atoms with Crippen molar-refractivity contribution in [2.24, 2.45) is 0 Å². The van der Waals surface area contributed by atoms with E-state index in [1.165, 1.54) is 0 Å². The molecule has 6 nitrogen and oxygen atoms in total. The lowest BCUT2D eigenvalue weighted by Gasteiger charge is -2.20. The molecule has 18 heavy (non-hydrogen) atoms. The second-order valence-corrected chi connectivity index (χ2v) is 4.18. The number of morpholine rings is 1. The summed E-state index contributed by atoms with van der Waals surface area (Å²) in [6, 6.07) is 3.78. The van der Waals surface area contributed by atoms with Crippen molar-refractivity contribution in [2.45, 2.75) is 13.0 Å². The number of aryl methyl sites for hydroxylation is 1. The van der Waals surface area contributed by atoms with Gasteiger partial charge in [0.2, 0.25) is 0 Å². The van der Waals surface area contributed by atoms with Crippen LogP contribution in [0, 0.1) is 6.92 Å². The molecule has 1 N–H and O–H groups in total. The minimum Gasteiger partial charge on any atom is -0.378 e. The highest BCUT2D eigenvalue weighted by Crippen LogP contribution is 2.21. The van der Waals surface area contributed by atoms with E-state index in [0.29, 0.717) is 18.3 Å². The Bertz CT molecular complexity index is 534. The molecule has 2 aromatic heterocycles. The lowest BCUT2D eigenvalue weighted by molar-refractivity contribution is 0.0734. The van der Waals surface area contributed by atoms with Gasteiger partial charge in [0.15, 0.2) is 5.82 Å². The van der Waals surface area contributed by atoms with Crippen LogP contribution in [0.4, 0.5) is 0 Å². The van der Waals surface area contributed by atoms with Gasteiger partial charge in [0.25, 0.3) is 5.89 Å². The standard InChI is InChI=1S/C12H14N4O2/c1-8-9(3-2-4-13-8)12-15-11(16-18-12)10-7-17-6-5-14-10/h2-4,10,14H,5-7H2,1H3. The molecule has 0 saturated carbocycles. The molecule has 94 valence electrons. The van der Waals surface area contributed by atoms with Gasteiger partial charge in [-0.25, -0.2) is 0 Å². The summed E-state index contributed by atoms with van der Waals surface area (Å²) >= 11 is 0. The predicted molar refractivity (Wildman–Crippen MR) is 63.8 cm³/mol. The molecule has 1 saturated heterocycles. The summed E-state index contributed by atoms with van der Waals surface area (Å²) in [5.41, 5.74) is 1.74. The molecule has 6 heteroatoms. The first-order valence-electron chi connectivity index (χ1n) is 5.91. The van der Waals surface area contributed by atoms with E-state index >= 15 is 0 Å². The maximum absolute atomic E-state index is 5.38. The molecule has 3 rings (SSSR count). The van der Waals surface area contributed by atoms with Crippen molar-refractivity contribution in [3.63, 3.8) is 0 Å². The zero-order chi connectivity index (χ0) is 12.4. The lowest BCUT2D eigenvalue weighted by Crippen LogP contribution is -2.35. The molecule has 0 aromatic carbocycles. The third-order valence-electron chi connectivity index (χ3n) is 2.91. The lowest BCUT2D eigenvalue weighted by atomic mass is 10.2. The maximum Gasteiger partial charge on any atom is 0.259 e. The molecule has 0 aliphatic carbocycles. The molecule has 1 aliphatic heterocycles. The van der Waals surface area contributed by atoms with Crippen LogP contribution in [-0.4, -0.2) is 34.9 Å². The highest BCUT2D eigenvalue weighted by Gasteiger charge is 2.21. The van der Waals surface area contributed by atoms with Crippen LogP contribution in [0.15, 0.2) is 22.9 Å². The molecular formula is C12H14N4O2. The molecule has 1 aliphatic rings. The van der Waals surface area contributed by atoms with Gasteiger partial charge in [0.1, 0.15) is 0 Å². The zero-order valence-electron chi connectivity index (χ0n) is 10.1. The van der Waals surface area contributed by atoms with Crippen LogP contribution in [0.25, 0.3) is 11.5 Å². The topological polar surface area (TPSA) is 73.1 Å². The van der Waals surface area contributed by atoms with Gasteiger partial charge in [0, 0.05) is 18.4 Å². The quantitative estimate of drug-likeness (QED) is 0.855. The van der Waals surface area contributed by atoms with Gasteiger partial charge in [-0.15, -0.1) is 0 Å². The van der Waals surface area contributed by atoms with Gasteiger partial charge in [-0.2, -0.15) is 4.98 Å². The van der Waals surface area contributed by atoms with E-state index in [4.69, 9.17) is 9.26 Å². The van der Waals surface area contributed by atoms with E-state index in [2.05, 4.69) is 20.4 Å². The number of hydrogen-bond donors (Lipinski definition) is 1. The van der Waals surface area contributed by atoms with E-state index < -0.39 is 0 Å². The van der Waals surface area contributed by atoms with E-state index in [1.54, 1.807) is 6.20 Å². The van der Waals surface area contributed by atoms with Gasteiger partial charge in [0.05, 0.1) is 24.8 Å². The summed E-state index contributed by atoms with van der Waals surface area (Å²) in [7, 11) is 0. The van der Waals surface area contributed by atoms with Gasteiger partial charge in [-0.05, 0) is 19.1 Å². The van der Waals surface area contributed by atoms with E-state index in [0.717, 1.165) is 24.4 Å². The Labute approximate surface area is 104 Å². The first-order valence-corrected chi connectivity index (χ1v) is 5.91. The number of nitrogens with one attached hydrogen (secondary N) is 1. The minimum atomic E-state index is 0.00762. The highest BCUT2D eigenvalue weighted by atomic mass is 16.5. The normalized spacial score (nSPS) is 19.9. The predicted octanol–water partition coefficient (Wildman–Crippen LogP) is 1.10. The first-order chi connectivity index (χ1) is 8.84. The number of aromatic nitrogens is 3. The van der Waals surface area contributed by atoms with E-state index in [1.807, 2.05) is 19.1 Å². The Morgan fingerprint density at radius 2 is 2.39 bits per heavy atom. The smallest absolute Gasteiger partial charge is 0.259 e. The number of hydrogen-bond acceptors (Lipinski definition) is 6. The average Bonchev–Trinajstić information content (AvgIpc) is 2.90. The molecule has 3 heterocycles. The van der Waals surface area contributed by atoms with E-state index in [9.17, 15) is 0 Å². The monoisotopic (exact) mass is 246 g/mol. The van der Waals surface area contributed by atoms with Crippen LogP contribution >= 0.6 is 0 Å². The fourth-order valence-electron chi connectivity index (χ4n) is 1.93. The van der Waals surface area contributed by atoms with Gasteiger partial charge in [-0.1, -0.05) is 5.16 Å². The number of ether oxygens (including phenoxy) is 1. The molecule has 1 fully saturated rings. The summed E-state index contributed by atoms with van der Waals surface area (Å²) in [5.74, 6) is 1.14. The van der Waals surface area contributed by atoms with Crippen LogP contribution in [0.5, 0.6) is 0 Å². The van der Waals surface area contributed by atoms with Crippen LogP contribution < -0.4 is 5.32 Å². The van der Waals surface area contributed by atoms with Crippen LogP contribution in [0.2, 0.25) is 0 Å². The van der Waals surface area contributed by atoms with Crippen molar-refractivity contribution in [3.05, 3.63) is 29.8 Å². The van der Waals surface area contributed by atoms with Crippen molar-refractivity contribution >= 4 is 0 Å². The first kappa shape index (κ1) is 11.3. The molecule has 0 bridgehead atoms. The Hall–Kier alpha value is -1.79. The number of nitrogens with zero attached hydrogens (tertiary/aromatic N) is 3. The molecule has 0 spiro atoms. The Morgan fingerprint density at radius 1 is 1.44 bits per heavy atom. The zero-order valence-corrected chi connectivity index (χ0v) is 10.1. The van der Waals surface area contributed by atoms with Crippen molar-refractivity contribution < 1.29 is 9.26 Å². The SMILES string of the molecule is Cc1ncccc1-c1nc(C2COCCN2)no1. The molecule has 1 unspecified atom stereocenters. The summed E-state index contributed by atoms with van der Waals surface area (Å²) < 4.78 is 10.7. The molecule has 0 radical (unpaired) electrons. The Balaban J connectivity index is 1.87. The second kappa shape index (κ2) is 4.83. The summed E-state index contributed by atoms with van der Waals surface area (Å²) in [5, 5.41) is 7.29. The molecular weight excluding hydrogens is 232 g/mol. The number of rotatable bonds is 2. The van der Waals surface area contributed by atoms with Gasteiger partial charge < -0.3 is 14.6 Å². The van der Waals surface area contributed by atoms with Crippen molar-refractivity contribution in [2.75, 3.05) is 19.8 Å².